The van der Waals surface area contributed by atoms with Crippen LogP contribution >= 0.6 is 11.3 Å². The molecular formula is C13H22N2OS. The lowest BCUT2D eigenvalue weighted by Gasteiger charge is -2.28. The molecule has 0 aromatic carbocycles. The normalized spacial score (nSPS) is 22.6. The first-order chi connectivity index (χ1) is 8.31. The summed E-state index contributed by atoms with van der Waals surface area (Å²) in [5.74, 6) is 0. The molecule has 1 aliphatic rings. The van der Waals surface area contributed by atoms with Crippen molar-refractivity contribution in [1.82, 2.24) is 9.88 Å². The van der Waals surface area contributed by atoms with E-state index in [0.29, 0.717) is 12.6 Å². The lowest BCUT2D eigenvalue weighted by Crippen LogP contribution is -2.38. The third-order valence-corrected chi connectivity index (χ3v) is 4.68. The van der Waals surface area contributed by atoms with E-state index in [2.05, 4.69) is 16.8 Å². The van der Waals surface area contributed by atoms with Crippen LogP contribution in [0.1, 0.15) is 36.3 Å². The number of aromatic nitrogens is 1. The van der Waals surface area contributed by atoms with Crippen molar-refractivity contribution >= 4 is 11.3 Å². The van der Waals surface area contributed by atoms with Gasteiger partial charge in [-0.2, -0.15) is 0 Å². The summed E-state index contributed by atoms with van der Waals surface area (Å²) in [5, 5.41) is 9.45. The zero-order valence-electron chi connectivity index (χ0n) is 10.6. The number of rotatable bonds is 4. The number of aliphatic hydroxyl groups is 1. The number of aryl methyl sites for hydroxylation is 1. The minimum Gasteiger partial charge on any atom is -0.395 e. The Kier molecular flexibility index (Phi) is 4.95. The third-order valence-electron chi connectivity index (χ3n) is 3.68. The van der Waals surface area contributed by atoms with Crippen molar-refractivity contribution in [3.05, 3.63) is 16.1 Å². The highest BCUT2D eigenvalue weighted by Gasteiger charge is 2.20. The van der Waals surface area contributed by atoms with E-state index in [-0.39, 0.29) is 0 Å². The first kappa shape index (κ1) is 13.0. The van der Waals surface area contributed by atoms with Gasteiger partial charge >= 0.3 is 0 Å². The molecule has 0 amide bonds. The summed E-state index contributed by atoms with van der Waals surface area (Å²) in [6.45, 7) is 4.59. The Balaban J connectivity index is 1.89. The Bertz CT molecular complexity index is 340. The number of hydrogen-bond acceptors (Lipinski definition) is 4. The molecule has 3 nitrogen and oxygen atoms in total. The summed E-state index contributed by atoms with van der Waals surface area (Å²) in [4.78, 5) is 8.15. The summed E-state index contributed by atoms with van der Waals surface area (Å²) in [6.07, 6.45) is 6.08. The largest absolute Gasteiger partial charge is 0.395 e. The van der Waals surface area contributed by atoms with Gasteiger partial charge < -0.3 is 5.11 Å². The maximum atomic E-state index is 9.45. The quantitative estimate of drug-likeness (QED) is 0.895. The highest BCUT2D eigenvalue weighted by atomic mass is 32.1. The van der Waals surface area contributed by atoms with Crippen LogP contribution < -0.4 is 0 Å². The van der Waals surface area contributed by atoms with Crippen molar-refractivity contribution in [2.45, 2.75) is 45.1 Å². The summed E-state index contributed by atoms with van der Waals surface area (Å²) in [7, 11) is 0. The van der Waals surface area contributed by atoms with E-state index >= 15 is 0 Å². The zero-order valence-corrected chi connectivity index (χ0v) is 11.4. The molecule has 1 unspecified atom stereocenters. The summed E-state index contributed by atoms with van der Waals surface area (Å²) < 4.78 is 0. The molecule has 2 rings (SSSR count). The fourth-order valence-corrected chi connectivity index (χ4v) is 3.32. The zero-order chi connectivity index (χ0) is 12.1. The molecule has 1 aromatic rings. The van der Waals surface area contributed by atoms with Crippen molar-refractivity contribution in [2.75, 3.05) is 19.7 Å². The first-order valence-electron chi connectivity index (χ1n) is 6.55. The molecule has 1 aromatic heterocycles. The van der Waals surface area contributed by atoms with Crippen molar-refractivity contribution < 1.29 is 5.11 Å². The molecule has 96 valence electrons. The Hall–Kier alpha value is -0.450. The van der Waals surface area contributed by atoms with Crippen LogP contribution in [0.5, 0.6) is 0 Å². The van der Waals surface area contributed by atoms with Crippen molar-refractivity contribution in [3.8, 4) is 0 Å². The molecule has 1 saturated heterocycles. The van der Waals surface area contributed by atoms with Gasteiger partial charge in [-0.05, 0) is 32.7 Å². The topological polar surface area (TPSA) is 36.4 Å². The molecule has 0 spiro atoms. The van der Waals surface area contributed by atoms with Gasteiger partial charge in [-0.3, -0.25) is 4.90 Å². The van der Waals surface area contributed by atoms with Crippen LogP contribution in [0.15, 0.2) is 5.51 Å². The molecule has 0 radical (unpaired) electrons. The molecule has 1 atom stereocenters. The van der Waals surface area contributed by atoms with E-state index in [9.17, 15) is 5.11 Å². The second-order valence-corrected chi connectivity index (χ2v) is 5.77. The van der Waals surface area contributed by atoms with E-state index < -0.39 is 0 Å². The number of aliphatic hydroxyl groups excluding tert-OH is 1. The molecule has 1 fully saturated rings. The molecule has 1 aliphatic heterocycles. The smallest absolute Gasteiger partial charge is 0.0797 e. The predicted molar refractivity (Wildman–Crippen MR) is 71.5 cm³/mol. The summed E-state index contributed by atoms with van der Waals surface area (Å²) in [5.41, 5.74) is 3.10. The Labute approximate surface area is 107 Å². The van der Waals surface area contributed by atoms with E-state index in [1.54, 1.807) is 11.3 Å². The molecule has 0 bridgehead atoms. The van der Waals surface area contributed by atoms with Gasteiger partial charge in [0.05, 0.1) is 17.8 Å². The van der Waals surface area contributed by atoms with Gasteiger partial charge in [0.15, 0.2) is 0 Å². The minimum absolute atomic E-state index is 0.307. The average Bonchev–Trinajstić information content (AvgIpc) is 2.63. The van der Waals surface area contributed by atoms with Crippen molar-refractivity contribution in [3.63, 3.8) is 0 Å². The molecule has 2 heterocycles. The number of hydrogen-bond donors (Lipinski definition) is 1. The maximum absolute atomic E-state index is 9.45. The Morgan fingerprint density at radius 1 is 1.47 bits per heavy atom. The molecular weight excluding hydrogens is 232 g/mol. The fraction of sp³-hybridized carbons (Fsp3) is 0.769. The van der Waals surface area contributed by atoms with Gasteiger partial charge in [0.1, 0.15) is 0 Å². The molecule has 0 saturated carbocycles. The molecule has 0 aliphatic carbocycles. The van der Waals surface area contributed by atoms with Gasteiger partial charge in [0.25, 0.3) is 0 Å². The number of thiazole rings is 1. The van der Waals surface area contributed by atoms with E-state index in [1.807, 2.05) is 5.51 Å². The molecule has 17 heavy (non-hydrogen) atoms. The second-order valence-electron chi connectivity index (χ2n) is 4.83. The average molecular weight is 254 g/mol. The van der Waals surface area contributed by atoms with Crippen LogP contribution in [0.3, 0.4) is 0 Å². The van der Waals surface area contributed by atoms with Gasteiger partial charge in [-0.1, -0.05) is 12.8 Å². The van der Waals surface area contributed by atoms with Crippen LogP contribution in [0.25, 0.3) is 0 Å². The van der Waals surface area contributed by atoms with Crippen molar-refractivity contribution in [2.24, 2.45) is 0 Å². The SMILES string of the molecule is Cc1ncsc1CCN1CCCCCC1CO. The highest BCUT2D eigenvalue weighted by Crippen LogP contribution is 2.19. The van der Waals surface area contributed by atoms with Gasteiger partial charge in [-0.15, -0.1) is 11.3 Å². The van der Waals surface area contributed by atoms with Crippen LogP contribution in [0.2, 0.25) is 0 Å². The predicted octanol–water partition coefficient (Wildman–Crippen LogP) is 2.23. The second kappa shape index (κ2) is 6.47. The van der Waals surface area contributed by atoms with Crippen molar-refractivity contribution in [1.29, 1.82) is 0 Å². The van der Waals surface area contributed by atoms with Gasteiger partial charge in [0.2, 0.25) is 0 Å². The first-order valence-corrected chi connectivity index (χ1v) is 7.43. The van der Waals surface area contributed by atoms with Crippen LogP contribution in [-0.2, 0) is 6.42 Å². The molecule has 4 heteroatoms. The summed E-state index contributed by atoms with van der Waals surface area (Å²) in [6, 6.07) is 0.380. The monoisotopic (exact) mass is 254 g/mol. The third kappa shape index (κ3) is 3.50. The van der Waals surface area contributed by atoms with E-state index in [4.69, 9.17) is 0 Å². The summed E-state index contributed by atoms with van der Waals surface area (Å²) >= 11 is 1.75. The number of likely N-dealkylation sites (tertiary alicyclic amines) is 1. The maximum Gasteiger partial charge on any atom is 0.0797 e. The minimum atomic E-state index is 0.307. The van der Waals surface area contributed by atoms with Gasteiger partial charge in [0, 0.05) is 17.5 Å². The lowest BCUT2D eigenvalue weighted by molar-refractivity contribution is 0.126. The van der Waals surface area contributed by atoms with Crippen LogP contribution in [0, 0.1) is 6.92 Å². The van der Waals surface area contributed by atoms with Crippen LogP contribution in [0.4, 0.5) is 0 Å². The Morgan fingerprint density at radius 2 is 2.35 bits per heavy atom. The van der Waals surface area contributed by atoms with Crippen LogP contribution in [-0.4, -0.2) is 40.7 Å². The highest BCUT2D eigenvalue weighted by molar-refractivity contribution is 7.09. The lowest BCUT2D eigenvalue weighted by atomic mass is 10.1. The number of nitrogens with zero attached hydrogens (tertiary/aromatic N) is 2. The van der Waals surface area contributed by atoms with Gasteiger partial charge in [-0.25, -0.2) is 4.98 Å². The van der Waals surface area contributed by atoms with E-state index in [0.717, 1.165) is 25.9 Å². The molecule has 1 N–H and O–H groups in total. The van der Waals surface area contributed by atoms with E-state index in [1.165, 1.54) is 29.8 Å². The fourth-order valence-electron chi connectivity index (χ4n) is 2.55. The standard InChI is InChI=1S/C13H22N2OS/c1-11-13(17-10-14-11)6-8-15-7-4-2-3-5-12(15)9-16/h10,12,16H,2-9H2,1H3. The Morgan fingerprint density at radius 3 is 3.06 bits per heavy atom.